The molecule has 1 saturated heterocycles. The predicted molar refractivity (Wildman–Crippen MR) is 68.4 cm³/mol. The molecule has 0 atom stereocenters. The van der Waals surface area contributed by atoms with Crippen LogP contribution in [0.1, 0.15) is 18.4 Å². The standard InChI is InChI=1S/C13H13F6NOS/c14-12(15,16)11(13(17,18)19)4-5-20(8-11)10(21)2-1-9-3-6-22-7-9/h3,6-7H,1-2,4-5,8H2. The lowest BCUT2D eigenvalue weighted by molar-refractivity contribution is -0.334. The molecule has 2 nitrogen and oxygen atoms in total. The molecule has 1 aliphatic rings. The Morgan fingerprint density at radius 1 is 1.23 bits per heavy atom. The van der Waals surface area contributed by atoms with Gasteiger partial charge < -0.3 is 4.90 Å². The van der Waals surface area contributed by atoms with Gasteiger partial charge in [-0.3, -0.25) is 4.79 Å². The number of nitrogens with zero attached hydrogens (tertiary/aromatic N) is 1. The smallest absolute Gasteiger partial charge is 0.341 e. The summed E-state index contributed by atoms with van der Waals surface area (Å²) < 4.78 is 77.4. The Balaban J connectivity index is 2.05. The number of hydrogen-bond acceptors (Lipinski definition) is 2. The molecule has 0 saturated carbocycles. The second-order valence-electron chi connectivity index (χ2n) is 5.27. The summed E-state index contributed by atoms with van der Waals surface area (Å²) in [4.78, 5) is 12.6. The summed E-state index contributed by atoms with van der Waals surface area (Å²) in [7, 11) is 0. The molecule has 1 amide bonds. The minimum absolute atomic E-state index is 0.0947. The van der Waals surface area contributed by atoms with Crippen LogP contribution in [0.5, 0.6) is 0 Å². The number of rotatable bonds is 3. The van der Waals surface area contributed by atoms with Crippen LogP contribution >= 0.6 is 11.3 Å². The minimum atomic E-state index is -5.42. The van der Waals surface area contributed by atoms with Gasteiger partial charge >= 0.3 is 12.4 Å². The van der Waals surface area contributed by atoms with E-state index >= 15 is 0 Å². The van der Waals surface area contributed by atoms with Crippen molar-refractivity contribution < 1.29 is 31.1 Å². The first-order valence-corrected chi connectivity index (χ1v) is 7.43. The summed E-state index contributed by atoms with van der Waals surface area (Å²) in [5.41, 5.74) is -2.96. The van der Waals surface area contributed by atoms with E-state index in [1.54, 1.807) is 16.8 Å². The van der Waals surface area contributed by atoms with Crippen molar-refractivity contribution >= 4 is 17.2 Å². The number of carbonyl (C=O) groups is 1. The van der Waals surface area contributed by atoms with Gasteiger partial charge in [-0.1, -0.05) is 0 Å². The van der Waals surface area contributed by atoms with Gasteiger partial charge in [-0.05, 0) is 35.2 Å². The number of thiophene rings is 1. The lowest BCUT2D eigenvalue weighted by atomic mass is 9.85. The molecule has 0 unspecified atom stereocenters. The second-order valence-corrected chi connectivity index (χ2v) is 6.05. The van der Waals surface area contributed by atoms with Crippen LogP contribution in [0.15, 0.2) is 16.8 Å². The SMILES string of the molecule is O=C(CCc1ccsc1)N1CCC(C(F)(F)F)(C(F)(F)F)C1. The Hall–Kier alpha value is -1.25. The highest BCUT2D eigenvalue weighted by Crippen LogP contribution is 2.55. The van der Waals surface area contributed by atoms with Gasteiger partial charge in [0.05, 0.1) is 0 Å². The van der Waals surface area contributed by atoms with E-state index in [-0.39, 0.29) is 6.42 Å². The summed E-state index contributed by atoms with van der Waals surface area (Å²) in [6, 6.07) is 1.76. The zero-order chi connectivity index (χ0) is 16.6. The summed E-state index contributed by atoms with van der Waals surface area (Å²) >= 11 is 1.41. The molecule has 0 N–H and O–H groups in total. The Morgan fingerprint density at radius 3 is 2.32 bits per heavy atom. The molecule has 1 aromatic rings. The molecule has 124 valence electrons. The molecule has 0 aromatic carbocycles. The van der Waals surface area contributed by atoms with E-state index in [1.807, 2.05) is 0 Å². The first kappa shape index (κ1) is 17.1. The second kappa shape index (κ2) is 5.75. The van der Waals surface area contributed by atoms with E-state index in [0.717, 1.165) is 5.56 Å². The third-order valence-electron chi connectivity index (χ3n) is 3.91. The van der Waals surface area contributed by atoms with Gasteiger partial charge in [0, 0.05) is 19.5 Å². The Kier molecular flexibility index (Phi) is 4.47. The normalized spacial score (nSPS) is 18.7. The third kappa shape index (κ3) is 3.09. The number of alkyl halides is 6. The average molecular weight is 345 g/mol. The van der Waals surface area contributed by atoms with Crippen LogP contribution < -0.4 is 0 Å². The van der Waals surface area contributed by atoms with Gasteiger partial charge in [-0.2, -0.15) is 37.7 Å². The van der Waals surface area contributed by atoms with Crippen molar-refractivity contribution in [3.8, 4) is 0 Å². The maximum absolute atomic E-state index is 12.9. The zero-order valence-electron chi connectivity index (χ0n) is 11.3. The van der Waals surface area contributed by atoms with Crippen LogP contribution in [0.4, 0.5) is 26.3 Å². The molecule has 0 spiro atoms. The summed E-state index contributed by atoms with van der Waals surface area (Å²) in [5, 5.41) is 3.57. The summed E-state index contributed by atoms with van der Waals surface area (Å²) in [5.74, 6) is -0.679. The van der Waals surface area contributed by atoms with Crippen LogP contribution in [0.2, 0.25) is 0 Å². The molecule has 1 aliphatic heterocycles. The van der Waals surface area contributed by atoms with Crippen molar-refractivity contribution in [2.75, 3.05) is 13.1 Å². The van der Waals surface area contributed by atoms with Gasteiger partial charge in [-0.15, -0.1) is 0 Å². The number of hydrogen-bond donors (Lipinski definition) is 0. The highest BCUT2D eigenvalue weighted by atomic mass is 32.1. The quantitative estimate of drug-likeness (QED) is 0.758. The van der Waals surface area contributed by atoms with Crippen molar-refractivity contribution in [1.82, 2.24) is 4.90 Å². The van der Waals surface area contributed by atoms with Gasteiger partial charge in [-0.25, -0.2) is 0 Å². The minimum Gasteiger partial charge on any atom is -0.341 e. The van der Waals surface area contributed by atoms with Crippen molar-refractivity contribution in [3.05, 3.63) is 22.4 Å². The molecule has 2 rings (SSSR count). The van der Waals surface area contributed by atoms with Gasteiger partial charge in [0.15, 0.2) is 5.41 Å². The molecule has 22 heavy (non-hydrogen) atoms. The highest BCUT2D eigenvalue weighted by molar-refractivity contribution is 7.07. The molecular weight excluding hydrogens is 332 g/mol. The van der Waals surface area contributed by atoms with Crippen LogP contribution in [0, 0.1) is 5.41 Å². The number of amides is 1. The predicted octanol–water partition coefficient (Wildman–Crippen LogP) is 4.02. The van der Waals surface area contributed by atoms with Crippen molar-refractivity contribution in [1.29, 1.82) is 0 Å². The Morgan fingerprint density at radius 2 is 1.86 bits per heavy atom. The fourth-order valence-corrected chi connectivity index (χ4v) is 3.19. The lowest BCUT2D eigenvalue weighted by Crippen LogP contribution is -2.52. The molecule has 0 bridgehead atoms. The maximum atomic E-state index is 12.9. The van der Waals surface area contributed by atoms with E-state index in [0.29, 0.717) is 11.3 Å². The largest absolute Gasteiger partial charge is 0.404 e. The molecular formula is C13H13F6NOS. The van der Waals surface area contributed by atoms with Crippen LogP contribution in [-0.2, 0) is 11.2 Å². The molecule has 0 aliphatic carbocycles. The van der Waals surface area contributed by atoms with Crippen LogP contribution in [0.3, 0.4) is 0 Å². The number of halogens is 6. The van der Waals surface area contributed by atoms with Gasteiger partial charge in [0.25, 0.3) is 0 Å². The Bertz CT molecular complexity index is 508. The van der Waals surface area contributed by atoms with E-state index in [1.165, 1.54) is 11.3 Å². The first-order chi connectivity index (χ1) is 10.1. The fraction of sp³-hybridized carbons (Fsp3) is 0.615. The molecule has 2 heterocycles. The van der Waals surface area contributed by atoms with Crippen molar-refractivity contribution in [2.24, 2.45) is 5.41 Å². The van der Waals surface area contributed by atoms with E-state index in [9.17, 15) is 31.1 Å². The van der Waals surface area contributed by atoms with Crippen LogP contribution in [0.25, 0.3) is 0 Å². The lowest BCUT2D eigenvalue weighted by Gasteiger charge is -2.33. The molecule has 0 radical (unpaired) electrons. The first-order valence-electron chi connectivity index (χ1n) is 6.49. The topological polar surface area (TPSA) is 20.3 Å². The molecule has 9 heteroatoms. The fourth-order valence-electron chi connectivity index (χ4n) is 2.49. The van der Waals surface area contributed by atoms with Gasteiger partial charge in [0.2, 0.25) is 5.91 Å². The number of likely N-dealkylation sites (tertiary alicyclic amines) is 1. The zero-order valence-corrected chi connectivity index (χ0v) is 12.1. The Labute approximate surface area is 126 Å². The van der Waals surface area contributed by atoms with Crippen molar-refractivity contribution in [3.63, 3.8) is 0 Å². The molecule has 1 fully saturated rings. The average Bonchev–Trinajstić information content (AvgIpc) is 3.03. The molecule has 1 aromatic heterocycles. The maximum Gasteiger partial charge on any atom is 0.404 e. The van der Waals surface area contributed by atoms with Crippen LogP contribution in [-0.4, -0.2) is 36.2 Å². The number of carbonyl (C=O) groups excluding carboxylic acids is 1. The van der Waals surface area contributed by atoms with Crippen molar-refractivity contribution in [2.45, 2.75) is 31.6 Å². The van der Waals surface area contributed by atoms with E-state index in [2.05, 4.69) is 0 Å². The van der Waals surface area contributed by atoms with E-state index < -0.39 is 43.2 Å². The van der Waals surface area contributed by atoms with E-state index in [4.69, 9.17) is 0 Å². The van der Waals surface area contributed by atoms with Gasteiger partial charge in [0.1, 0.15) is 0 Å². The monoisotopic (exact) mass is 345 g/mol. The number of aryl methyl sites for hydroxylation is 1. The third-order valence-corrected chi connectivity index (χ3v) is 4.65. The summed E-state index contributed by atoms with van der Waals surface area (Å²) in [6.07, 6.45) is -11.8. The summed E-state index contributed by atoms with van der Waals surface area (Å²) in [6.45, 7) is -1.87. The highest BCUT2D eigenvalue weighted by Gasteiger charge is 2.72.